The smallest absolute Gasteiger partial charge is 0.337 e. The Morgan fingerprint density at radius 2 is 1.64 bits per heavy atom. The Balaban J connectivity index is 2.15. The van der Waals surface area contributed by atoms with Gasteiger partial charge in [-0.25, -0.2) is 4.79 Å². The number of aromatic carboxylic acids is 1. The lowest BCUT2D eigenvalue weighted by Crippen LogP contribution is -2.52. The Bertz CT molecular complexity index is 1040. The van der Waals surface area contributed by atoms with Crippen molar-refractivity contribution in [3.63, 3.8) is 0 Å². The maximum atomic E-state index is 12.6. The fraction of sp³-hybridized carbons (Fsp3) is 0.200. The van der Waals surface area contributed by atoms with Gasteiger partial charge in [-0.05, 0) is 55.9 Å². The van der Waals surface area contributed by atoms with E-state index in [0.717, 1.165) is 11.4 Å². The summed E-state index contributed by atoms with van der Waals surface area (Å²) in [7, 11) is 3.04. The van der Waals surface area contributed by atoms with Crippen molar-refractivity contribution >= 4 is 41.2 Å². The van der Waals surface area contributed by atoms with Crippen LogP contribution in [0.25, 0.3) is 11.8 Å². The largest absolute Gasteiger partial charge is 0.478 e. The van der Waals surface area contributed by atoms with Crippen molar-refractivity contribution in [3.05, 3.63) is 58.4 Å². The van der Waals surface area contributed by atoms with E-state index in [9.17, 15) is 19.5 Å². The lowest BCUT2D eigenvalue weighted by Gasteiger charge is -2.31. The van der Waals surface area contributed by atoms with Crippen molar-refractivity contribution < 1.29 is 19.5 Å². The molecule has 0 spiro atoms. The number of benzene rings is 1. The first-order chi connectivity index (χ1) is 13.1. The number of para-hydroxylation sites is 1. The summed E-state index contributed by atoms with van der Waals surface area (Å²) in [4.78, 5) is 39.2. The number of amides is 2. The highest BCUT2D eigenvalue weighted by Crippen LogP contribution is 2.26. The van der Waals surface area contributed by atoms with Crippen LogP contribution in [0.1, 0.15) is 27.3 Å². The van der Waals surface area contributed by atoms with Gasteiger partial charge in [0.25, 0.3) is 11.8 Å². The summed E-state index contributed by atoms with van der Waals surface area (Å²) in [5.41, 5.74) is 2.85. The average molecular weight is 397 g/mol. The molecule has 0 bridgehead atoms. The lowest BCUT2D eigenvalue weighted by atomic mass is 10.1. The molecule has 2 amide bonds. The van der Waals surface area contributed by atoms with E-state index in [0.29, 0.717) is 11.3 Å². The quantitative estimate of drug-likeness (QED) is 0.489. The number of aromatic nitrogens is 1. The molecule has 1 aliphatic heterocycles. The van der Waals surface area contributed by atoms with E-state index in [2.05, 4.69) is 0 Å². The Hall–Kier alpha value is -3.26. The molecule has 1 saturated heterocycles. The second-order valence-electron chi connectivity index (χ2n) is 6.55. The van der Waals surface area contributed by atoms with E-state index in [1.54, 1.807) is 22.8 Å². The Morgan fingerprint density at radius 3 is 2.21 bits per heavy atom. The zero-order valence-corrected chi connectivity index (χ0v) is 16.7. The van der Waals surface area contributed by atoms with Crippen LogP contribution in [0.3, 0.4) is 0 Å². The molecule has 1 aromatic heterocycles. The molecule has 2 aromatic rings. The van der Waals surface area contributed by atoms with Crippen LogP contribution in [0.2, 0.25) is 0 Å². The molecular weight excluding hydrogens is 378 g/mol. The fourth-order valence-electron chi connectivity index (χ4n) is 3.28. The van der Waals surface area contributed by atoms with Crippen molar-refractivity contribution in [2.45, 2.75) is 13.8 Å². The minimum atomic E-state index is -1.03. The second-order valence-corrected chi connectivity index (χ2v) is 6.92. The molecule has 1 aromatic carbocycles. The zero-order valence-electron chi connectivity index (χ0n) is 15.9. The molecule has 1 N–H and O–H groups in total. The Kier molecular flexibility index (Phi) is 4.91. The number of hydrogen-bond donors (Lipinski definition) is 1. The fourth-order valence-corrected chi connectivity index (χ4v) is 3.45. The molecule has 1 fully saturated rings. The van der Waals surface area contributed by atoms with Crippen molar-refractivity contribution in [3.8, 4) is 5.69 Å². The molecule has 7 nitrogen and oxygen atoms in total. The number of carboxylic acid groups (broad SMARTS) is 1. The minimum absolute atomic E-state index is 0.00497. The van der Waals surface area contributed by atoms with E-state index in [1.807, 2.05) is 19.9 Å². The molecular formula is C20H19N3O4S. The third-order valence-electron chi connectivity index (χ3n) is 4.79. The highest BCUT2D eigenvalue weighted by molar-refractivity contribution is 7.80. The Morgan fingerprint density at radius 1 is 1.07 bits per heavy atom. The number of aryl methyl sites for hydroxylation is 1. The number of likely N-dealkylation sites (N-methyl/N-ethyl adjacent to an activating group) is 2. The van der Waals surface area contributed by atoms with E-state index in [4.69, 9.17) is 12.2 Å². The molecule has 8 heteroatoms. The van der Waals surface area contributed by atoms with Gasteiger partial charge >= 0.3 is 5.97 Å². The van der Waals surface area contributed by atoms with Crippen molar-refractivity contribution in [1.29, 1.82) is 0 Å². The second kappa shape index (κ2) is 7.05. The van der Waals surface area contributed by atoms with Crippen LogP contribution in [0.5, 0.6) is 0 Å². The topological polar surface area (TPSA) is 82.9 Å². The molecule has 2 heterocycles. The van der Waals surface area contributed by atoms with Gasteiger partial charge in [0.2, 0.25) is 0 Å². The molecule has 144 valence electrons. The van der Waals surface area contributed by atoms with E-state index in [-0.39, 0.29) is 16.2 Å². The third-order valence-corrected chi connectivity index (χ3v) is 5.34. The van der Waals surface area contributed by atoms with Crippen LogP contribution in [-0.2, 0) is 9.59 Å². The molecule has 28 heavy (non-hydrogen) atoms. The standard InChI is InChI=1S/C20H19N3O4S/c1-11-9-13(10-15-17(24)21(3)20(28)22(4)18(15)25)12(2)23(11)16-8-6-5-7-14(16)19(26)27/h5-10H,1-4H3,(H,26,27). The monoisotopic (exact) mass is 397 g/mol. The third kappa shape index (κ3) is 3.01. The molecule has 0 radical (unpaired) electrons. The number of rotatable bonds is 3. The summed E-state index contributed by atoms with van der Waals surface area (Å²) in [6.45, 7) is 3.65. The van der Waals surface area contributed by atoms with Crippen LogP contribution < -0.4 is 0 Å². The summed E-state index contributed by atoms with van der Waals surface area (Å²) < 4.78 is 1.80. The van der Waals surface area contributed by atoms with Gasteiger partial charge in [-0.3, -0.25) is 19.4 Å². The van der Waals surface area contributed by atoms with Crippen LogP contribution >= 0.6 is 12.2 Å². The van der Waals surface area contributed by atoms with Gasteiger partial charge in [-0.15, -0.1) is 0 Å². The van der Waals surface area contributed by atoms with Crippen molar-refractivity contribution in [1.82, 2.24) is 14.4 Å². The predicted molar refractivity (Wildman–Crippen MR) is 108 cm³/mol. The van der Waals surface area contributed by atoms with Gasteiger partial charge in [0.15, 0.2) is 5.11 Å². The van der Waals surface area contributed by atoms with E-state index in [1.165, 1.54) is 36.0 Å². The minimum Gasteiger partial charge on any atom is -0.478 e. The summed E-state index contributed by atoms with van der Waals surface area (Å²) in [5.74, 6) is -1.97. The van der Waals surface area contributed by atoms with Gasteiger partial charge in [0.1, 0.15) is 5.57 Å². The highest BCUT2D eigenvalue weighted by Gasteiger charge is 2.35. The number of thiocarbonyl (C=S) groups is 1. The van der Waals surface area contributed by atoms with Gasteiger partial charge in [0.05, 0.1) is 11.3 Å². The first-order valence-electron chi connectivity index (χ1n) is 8.48. The molecule has 3 rings (SSSR count). The Labute approximate surface area is 167 Å². The number of carboxylic acids is 1. The molecule has 0 aliphatic carbocycles. The number of nitrogens with zero attached hydrogens (tertiary/aromatic N) is 3. The zero-order chi connectivity index (χ0) is 20.7. The lowest BCUT2D eigenvalue weighted by molar-refractivity contribution is -0.132. The van der Waals surface area contributed by atoms with Gasteiger partial charge < -0.3 is 9.67 Å². The number of carbonyl (C=O) groups excluding carboxylic acids is 2. The first-order valence-corrected chi connectivity index (χ1v) is 8.89. The average Bonchev–Trinajstić information content (AvgIpc) is 2.95. The highest BCUT2D eigenvalue weighted by atomic mass is 32.1. The van der Waals surface area contributed by atoms with Crippen molar-refractivity contribution in [2.75, 3.05) is 14.1 Å². The summed E-state index contributed by atoms with van der Waals surface area (Å²) >= 11 is 5.10. The molecule has 0 unspecified atom stereocenters. The van der Waals surface area contributed by atoms with E-state index < -0.39 is 17.8 Å². The van der Waals surface area contributed by atoms with Gasteiger partial charge in [-0.2, -0.15) is 0 Å². The predicted octanol–water partition coefficient (Wildman–Crippen LogP) is 2.39. The van der Waals surface area contributed by atoms with E-state index >= 15 is 0 Å². The summed E-state index contributed by atoms with van der Waals surface area (Å²) in [6, 6.07) is 8.50. The normalized spacial score (nSPS) is 14.7. The molecule has 0 saturated carbocycles. The van der Waals surface area contributed by atoms with Crippen molar-refractivity contribution in [2.24, 2.45) is 0 Å². The van der Waals surface area contributed by atoms with Gasteiger partial charge in [-0.1, -0.05) is 12.1 Å². The molecule has 1 aliphatic rings. The number of carbonyl (C=O) groups is 3. The van der Waals surface area contributed by atoms with Crippen LogP contribution in [-0.4, -0.2) is 56.5 Å². The summed E-state index contributed by atoms with van der Waals surface area (Å²) in [6.07, 6.45) is 1.53. The summed E-state index contributed by atoms with van der Waals surface area (Å²) in [5, 5.41) is 9.64. The van der Waals surface area contributed by atoms with Gasteiger partial charge in [0, 0.05) is 25.5 Å². The molecule has 0 atom stereocenters. The van der Waals surface area contributed by atoms with Crippen LogP contribution in [0.4, 0.5) is 0 Å². The van der Waals surface area contributed by atoms with Crippen LogP contribution in [0.15, 0.2) is 35.9 Å². The van der Waals surface area contributed by atoms with Crippen LogP contribution in [0, 0.1) is 13.8 Å². The SMILES string of the molecule is Cc1cc(C=C2C(=O)N(C)C(=S)N(C)C2=O)c(C)n1-c1ccccc1C(=O)O. The number of hydrogen-bond acceptors (Lipinski definition) is 4. The maximum Gasteiger partial charge on any atom is 0.337 e. The first kappa shape index (κ1) is 19.5. The maximum absolute atomic E-state index is 12.6.